The van der Waals surface area contributed by atoms with E-state index in [0.717, 1.165) is 4.90 Å². The smallest absolute Gasteiger partial charge is 0.335 e. The molecule has 8 heteroatoms. The molecular weight excluding hydrogens is 367 g/mol. The lowest BCUT2D eigenvalue weighted by atomic mass is 10.2. The Morgan fingerprint density at radius 1 is 1.08 bits per heavy atom. The molecule has 1 atom stereocenters. The normalized spacial score (nSPS) is 17.0. The van der Waals surface area contributed by atoms with Crippen LogP contribution in [0.25, 0.3) is 0 Å². The number of imide groups is 1. The monoisotopic (exact) mass is 378 g/mol. The molecule has 2 N–H and O–H groups in total. The van der Waals surface area contributed by atoms with E-state index < -0.39 is 17.9 Å². The highest BCUT2D eigenvalue weighted by Crippen LogP contribution is 2.28. The number of anilines is 2. The summed E-state index contributed by atoms with van der Waals surface area (Å²) < 4.78 is 0. The number of hydrogen-bond donors (Lipinski definition) is 2. The zero-order valence-electron chi connectivity index (χ0n) is 12.7. The van der Waals surface area contributed by atoms with Gasteiger partial charge in [0.1, 0.15) is 6.04 Å². The van der Waals surface area contributed by atoms with Crippen LogP contribution in [-0.4, -0.2) is 28.9 Å². The van der Waals surface area contributed by atoms with Gasteiger partial charge in [-0.2, -0.15) is 0 Å². The van der Waals surface area contributed by atoms with Crippen molar-refractivity contribution < 1.29 is 19.5 Å². The Hall–Kier alpha value is -2.57. The van der Waals surface area contributed by atoms with Crippen LogP contribution in [-0.2, 0) is 9.59 Å². The van der Waals surface area contributed by atoms with Crippen molar-refractivity contribution in [3.8, 4) is 0 Å². The van der Waals surface area contributed by atoms with Crippen molar-refractivity contribution in [2.45, 2.75) is 12.5 Å². The zero-order chi connectivity index (χ0) is 18.1. The maximum atomic E-state index is 12.6. The second-order valence-electron chi connectivity index (χ2n) is 5.45. The van der Waals surface area contributed by atoms with Crippen molar-refractivity contribution >= 4 is 52.4 Å². The standard InChI is InChI=1S/C17H12Cl2N2O4/c18-12-6-3-10(7-13(12)19)20-14-8-15(22)21(16(14)23)11-4-1-9(2-5-11)17(24)25/h1-7,14,20H,8H2,(H,24,25)/t14-/m1/s1. The van der Waals surface area contributed by atoms with Crippen molar-refractivity contribution in [3.63, 3.8) is 0 Å². The van der Waals surface area contributed by atoms with Crippen LogP contribution in [0.5, 0.6) is 0 Å². The van der Waals surface area contributed by atoms with Gasteiger partial charge in [-0.05, 0) is 42.5 Å². The SMILES string of the molecule is O=C(O)c1ccc(N2C(=O)C[C@@H](Nc3ccc(Cl)c(Cl)c3)C2=O)cc1. The van der Waals surface area contributed by atoms with Crippen molar-refractivity contribution in [2.24, 2.45) is 0 Å². The Morgan fingerprint density at radius 3 is 2.36 bits per heavy atom. The highest BCUT2D eigenvalue weighted by atomic mass is 35.5. The summed E-state index contributed by atoms with van der Waals surface area (Å²) in [6.07, 6.45) is -0.0141. The summed E-state index contributed by atoms with van der Waals surface area (Å²) in [6, 6.07) is 9.65. The minimum absolute atomic E-state index is 0.0141. The number of rotatable bonds is 4. The average molecular weight is 379 g/mol. The summed E-state index contributed by atoms with van der Waals surface area (Å²) in [5, 5.41) is 12.6. The second kappa shape index (κ2) is 6.74. The van der Waals surface area contributed by atoms with Crippen molar-refractivity contribution in [3.05, 3.63) is 58.1 Å². The summed E-state index contributed by atoms with van der Waals surface area (Å²) in [4.78, 5) is 36.7. The van der Waals surface area contributed by atoms with Gasteiger partial charge in [-0.3, -0.25) is 9.59 Å². The zero-order valence-corrected chi connectivity index (χ0v) is 14.2. The maximum absolute atomic E-state index is 12.6. The van der Waals surface area contributed by atoms with E-state index in [9.17, 15) is 14.4 Å². The van der Waals surface area contributed by atoms with Crippen LogP contribution in [0, 0.1) is 0 Å². The number of halogens is 2. The molecule has 0 spiro atoms. The second-order valence-corrected chi connectivity index (χ2v) is 6.26. The number of carboxylic acids is 1. The number of amides is 2. The first-order chi connectivity index (χ1) is 11.9. The molecule has 1 fully saturated rings. The van der Waals surface area contributed by atoms with Gasteiger partial charge in [0.05, 0.1) is 27.7 Å². The van der Waals surface area contributed by atoms with Crippen LogP contribution in [0.4, 0.5) is 11.4 Å². The van der Waals surface area contributed by atoms with E-state index in [0.29, 0.717) is 21.4 Å². The minimum Gasteiger partial charge on any atom is -0.478 e. The molecule has 0 bridgehead atoms. The summed E-state index contributed by atoms with van der Waals surface area (Å²) in [5.74, 6) is -1.87. The fraction of sp³-hybridized carbons (Fsp3) is 0.118. The molecule has 0 aliphatic carbocycles. The Morgan fingerprint density at radius 2 is 1.76 bits per heavy atom. The quantitative estimate of drug-likeness (QED) is 0.795. The first-order valence-electron chi connectivity index (χ1n) is 7.28. The molecule has 6 nitrogen and oxygen atoms in total. The molecule has 0 saturated carbocycles. The van der Waals surface area contributed by atoms with Gasteiger partial charge in [-0.15, -0.1) is 0 Å². The first-order valence-corrected chi connectivity index (χ1v) is 8.04. The van der Waals surface area contributed by atoms with Gasteiger partial charge in [0.25, 0.3) is 5.91 Å². The van der Waals surface area contributed by atoms with Gasteiger partial charge >= 0.3 is 5.97 Å². The average Bonchev–Trinajstić information content (AvgIpc) is 2.85. The van der Waals surface area contributed by atoms with Crippen LogP contribution in [0.1, 0.15) is 16.8 Å². The third-order valence-corrected chi connectivity index (χ3v) is 4.52. The Labute approximate surface area is 153 Å². The molecule has 25 heavy (non-hydrogen) atoms. The highest BCUT2D eigenvalue weighted by Gasteiger charge is 2.39. The lowest BCUT2D eigenvalue weighted by Crippen LogP contribution is -2.34. The number of hydrogen-bond acceptors (Lipinski definition) is 4. The van der Waals surface area contributed by atoms with Crippen LogP contribution < -0.4 is 10.2 Å². The topological polar surface area (TPSA) is 86.7 Å². The van der Waals surface area contributed by atoms with E-state index in [1.165, 1.54) is 24.3 Å². The predicted octanol–water partition coefficient (Wildman–Crippen LogP) is 3.44. The summed E-state index contributed by atoms with van der Waals surface area (Å²) in [6.45, 7) is 0. The molecule has 3 rings (SSSR count). The van der Waals surface area contributed by atoms with Crippen molar-refractivity contribution in [2.75, 3.05) is 10.2 Å². The first kappa shape index (κ1) is 17.3. The fourth-order valence-electron chi connectivity index (χ4n) is 2.56. The molecule has 0 aromatic heterocycles. The van der Waals surface area contributed by atoms with E-state index in [1.54, 1.807) is 18.2 Å². The number of nitrogens with one attached hydrogen (secondary N) is 1. The summed E-state index contributed by atoms with van der Waals surface area (Å²) in [7, 11) is 0. The molecule has 2 aromatic rings. The van der Waals surface area contributed by atoms with Crippen molar-refractivity contribution in [1.82, 2.24) is 0 Å². The molecular formula is C17H12Cl2N2O4. The molecule has 1 heterocycles. The van der Waals surface area contributed by atoms with Gasteiger partial charge in [-0.1, -0.05) is 23.2 Å². The van der Waals surface area contributed by atoms with E-state index in [2.05, 4.69) is 5.32 Å². The molecule has 2 amide bonds. The third kappa shape index (κ3) is 3.45. The number of aromatic carboxylic acids is 1. The Kier molecular flexibility index (Phi) is 4.65. The Bertz CT molecular complexity index is 867. The van der Waals surface area contributed by atoms with Gasteiger partial charge < -0.3 is 10.4 Å². The molecule has 1 aliphatic rings. The van der Waals surface area contributed by atoms with Crippen LogP contribution >= 0.6 is 23.2 Å². The lowest BCUT2D eigenvalue weighted by molar-refractivity contribution is -0.121. The minimum atomic E-state index is -1.08. The number of carbonyl (C=O) groups excluding carboxylic acids is 2. The van der Waals surface area contributed by atoms with E-state index in [1.807, 2.05) is 0 Å². The number of carboxylic acid groups (broad SMARTS) is 1. The largest absolute Gasteiger partial charge is 0.478 e. The summed E-state index contributed by atoms with van der Waals surface area (Å²) in [5.41, 5.74) is 0.982. The summed E-state index contributed by atoms with van der Waals surface area (Å²) >= 11 is 11.8. The van der Waals surface area contributed by atoms with Gasteiger partial charge in [0, 0.05) is 5.69 Å². The lowest BCUT2D eigenvalue weighted by Gasteiger charge is -2.16. The van der Waals surface area contributed by atoms with E-state index in [4.69, 9.17) is 28.3 Å². The van der Waals surface area contributed by atoms with Gasteiger partial charge in [0.2, 0.25) is 5.91 Å². The molecule has 0 radical (unpaired) electrons. The van der Waals surface area contributed by atoms with E-state index >= 15 is 0 Å². The predicted molar refractivity (Wildman–Crippen MR) is 94.4 cm³/mol. The molecule has 2 aromatic carbocycles. The maximum Gasteiger partial charge on any atom is 0.335 e. The molecule has 0 unspecified atom stereocenters. The number of nitrogens with zero attached hydrogens (tertiary/aromatic N) is 1. The number of carbonyl (C=O) groups is 3. The van der Waals surface area contributed by atoms with Crippen LogP contribution in [0.3, 0.4) is 0 Å². The highest BCUT2D eigenvalue weighted by molar-refractivity contribution is 6.42. The Balaban J connectivity index is 1.79. The third-order valence-electron chi connectivity index (χ3n) is 3.78. The molecule has 128 valence electrons. The van der Waals surface area contributed by atoms with Crippen LogP contribution in [0.2, 0.25) is 10.0 Å². The fourth-order valence-corrected chi connectivity index (χ4v) is 2.85. The van der Waals surface area contributed by atoms with Crippen LogP contribution in [0.15, 0.2) is 42.5 Å². The molecule has 1 saturated heterocycles. The number of benzene rings is 2. The van der Waals surface area contributed by atoms with E-state index in [-0.39, 0.29) is 17.9 Å². The van der Waals surface area contributed by atoms with Crippen molar-refractivity contribution in [1.29, 1.82) is 0 Å². The van der Waals surface area contributed by atoms with Gasteiger partial charge in [0.15, 0.2) is 0 Å². The van der Waals surface area contributed by atoms with Gasteiger partial charge in [-0.25, -0.2) is 9.69 Å². The molecule has 1 aliphatic heterocycles.